The Bertz CT molecular complexity index is 1060. The Morgan fingerprint density at radius 3 is 2.62 bits per heavy atom. The van der Waals surface area contributed by atoms with Crippen molar-refractivity contribution in [3.05, 3.63) is 36.0 Å². The SMILES string of the molecule is CC1CNCCC1n1ccc2cc(CCS(=O)(=O)N(C)CCS(C)(=O)=O)ccc21. The molecule has 1 aromatic carbocycles. The molecular formula is C20H31N3O4S2. The van der Waals surface area contributed by atoms with Gasteiger partial charge < -0.3 is 9.88 Å². The zero-order valence-corrected chi connectivity index (χ0v) is 19.0. The highest BCUT2D eigenvalue weighted by atomic mass is 32.2. The normalized spacial score (nSPS) is 21.1. The Morgan fingerprint density at radius 2 is 1.93 bits per heavy atom. The highest BCUT2D eigenvalue weighted by molar-refractivity contribution is 7.91. The molecule has 0 aliphatic carbocycles. The summed E-state index contributed by atoms with van der Waals surface area (Å²) in [4.78, 5) is 0. The predicted molar refractivity (Wildman–Crippen MR) is 117 cm³/mol. The molecule has 2 aromatic rings. The van der Waals surface area contributed by atoms with E-state index in [9.17, 15) is 16.8 Å². The summed E-state index contributed by atoms with van der Waals surface area (Å²) in [5.74, 6) is 0.355. The van der Waals surface area contributed by atoms with Crippen LogP contribution in [-0.4, -0.2) is 70.2 Å². The van der Waals surface area contributed by atoms with Crippen molar-refractivity contribution in [2.75, 3.05) is 44.4 Å². The van der Waals surface area contributed by atoms with Crippen LogP contribution in [0.3, 0.4) is 0 Å². The molecular weight excluding hydrogens is 410 g/mol. The number of fused-ring (bicyclic) bond motifs is 1. The third kappa shape index (κ3) is 5.59. The van der Waals surface area contributed by atoms with E-state index in [-0.39, 0.29) is 18.1 Å². The van der Waals surface area contributed by atoms with Crippen molar-refractivity contribution in [3.63, 3.8) is 0 Å². The minimum absolute atomic E-state index is 0.0164. The molecule has 0 saturated carbocycles. The molecule has 1 N–H and O–H groups in total. The summed E-state index contributed by atoms with van der Waals surface area (Å²) in [6.45, 7) is 4.30. The van der Waals surface area contributed by atoms with Gasteiger partial charge in [0.1, 0.15) is 9.84 Å². The molecule has 0 radical (unpaired) electrons. The van der Waals surface area contributed by atoms with Gasteiger partial charge in [-0.05, 0) is 61.0 Å². The molecule has 1 saturated heterocycles. The van der Waals surface area contributed by atoms with Crippen molar-refractivity contribution in [1.29, 1.82) is 0 Å². The lowest BCUT2D eigenvalue weighted by Gasteiger charge is -2.31. The number of nitrogens with one attached hydrogen (secondary N) is 1. The van der Waals surface area contributed by atoms with Crippen LogP contribution in [0.1, 0.15) is 24.9 Å². The molecule has 1 fully saturated rings. The third-order valence-corrected chi connectivity index (χ3v) is 8.56. The zero-order valence-electron chi connectivity index (χ0n) is 17.3. The van der Waals surface area contributed by atoms with Gasteiger partial charge in [0.25, 0.3) is 0 Å². The number of nitrogens with zero attached hydrogens (tertiary/aromatic N) is 2. The predicted octanol–water partition coefficient (Wildman–Crippen LogP) is 1.66. The van der Waals surface area contributed by atoms with Gasteiger partial charge in [-0.25, -0.2) is 21.1 Å². The van der Waals surface area contributed by atoms with Gasteiger partial charge in [-0.2, -0.15) is 0 Å². The van der Waals surface area contributed by atoms with Gasteiger partial charge in [0, 0.05) is 37.6 Å². The first-order chi connectivity index (χ1) is 13.6. The number of benzene rings is 1. The van der Waals surface area contributed by atoms with Crippen LogP contribution in [0.2, 0.25) is 0 Å². The maximum atomic E-state index is 12.5. The number of rotatable bonds is 8. The van der Waals surface area contributed by atoms with Crippen LogP contribution in [0.4, 0.5) is 0 Å². The van der Waals surface area contributed by atoms with Gasteiger partial charge in [0.2, 0.25) is 10.0 Å². The number of piperidine rings is 1. The summed E-state index contributed by atoms with van der Waals surface area (Å²) < 4.78 is 50.9. The average molecular weight is 442 g/mol. The largest absolute Gasteiger partial charge is 0.344 e. The highest BCUT2D eigenvalue weighted by Crippen LogP contribution is 2.29. The van der Waals surface area contributed by atoms with E-state index in [2.05, 4.69) is 41.2 Å². The molecule has 1 aromatic heterocycles. The van der Waals surface area contributed by atoms with Crippen molar-refractivity contribution in [3.8, 4) is 0 Å². The Labute approximate surface area is 174 Å². The molecule has 29 heavy (non-hydrogen) atoms. The number of sulfonamides is 1. The maximum Gasteiger partial charge on any atom is 0.214 e. The van der Waals surface area contributed by atoms with E-state index in [0.717, 1.165) is 41.0 Å². The van der Waals surface area contributed by atoms with E-state index < -0.39 is 19.9 Å². The standard InChI is InChI=1S/C20H31N3O4S2/c1-16-15-21-9-6-19(16)23-10-7-18-14-17(4-5-20(18)23)8-12-29(26,27)22(2)11-13-28(3,24)25/h4-5,7,10,14,16,19,21H,6,8-9,11-13,15H2,1-3H3. The van der Waals surface area contributed by atoms with Gasteiger partial charge in [-0.3, -0.25) is 0 Å². The van der Waals surface area contributed by atoms with Crippen LogP contribution in [0.25, 0.3) is 10.9 Å². The van der Waals surface area contributed by atoms with E-state index in [4.69, 9.17) is 0 Å². The van der Waals surface area contributed by atoms with Gasteiger partial charge in [-0.15, -0.1) is 0 Å². The summed E-state index contributed by atoms with van der Waals surface area (Å²) in [5.41, 5.74) is 2.15. The minimum Gasteiger partial charge on any atom is -0.344 e. The van der Waals surface area contributed by atoms with Crippen LogP contribution in [0, 0.1) is 5.92 Å². The second kappa shape index (κ2) is 8.75. The number of hydrogen-bond acceptors (Lipinski definition) is 5. The molecule has 7 nitrogen and oxygen atoms in total. The zero-order chi connectivity index (χ0) is 21.2. The first kappa shape index (κ1) is 22.3. The fourth-order valence-electron chi connectivity index (χ4n) is 3.91. The Balaban J connectivity index is 1.68. The summed E-state index contributed by atoms with van der Waals surface area (Å²) in [5, 5.41) is 4.55. The molecule has 1 aliphatic heterocycles. The second-order valence-corrected chi connectivity index (χ2v) is 12.6. The highest BCUT2D eigenvalue weighted by Gasteiger charge is 2.23. The molecule has 162 valence electrons. The quantitative estimate of drug-likeness (QED) is 0.673. The van der Waals surface area contributed by atoms with E-state index in [1.807, 2.05) is 6.07 Å². The van der Waals surface area contributed by atoms with E-state index >= 15 is 0 Å². The fourth-order valence-corrected chi connectivity index (χ4v) is 5.80. The molecule has 2 atom stereocenters. The summed E-state index contributed by atoms with van der Waals surface area (Å²) in [6, 6.07) is 8.71. The molecule has 0 bridgehead atoms. The number of aryl methyl sites for hydroxylation is 1. The van der Waals surface area contributed by atoms with Gasteiger partial charge in [0.15, 0.2) is 0 Å². The van der Waals surface area contributed by atoms with Crippen LogP contribution in [0.5, 0.6) is 0 Å². The molecule has 0 spiro atoms. The van der Waals surface area contributed by atoms with Gasteiger partial charge in [-0.1, -0.05) is 13.0 Å². The van der Waals surface area contributed by atoms with Crippen molar-refractivity contribution >= 4 is 30.8 Å². The third-order valence-electron chi connectivity index (χ3n) is 5.78. The molecule has 9 heteroatoms. The lowest BCUT2D eigenvalue weighted by Crippen LogP contribution is -2.36. The summed E-state index contributed by atoms with van der Waals surface area (Å²) in [7, 11) is -5.26. The van der Waals surface area contributed by atoms with Crippen molar-refractivity contribution in [2.24, 2.45) is 5.92 Å². The molecule has 0 amide bonds. The Kier molecular flexibility index (Phi) is 6.72. The molecule has 2 unspecified atom stereocenters. The van der Waals surface area contributed by atoms with Crippen LogP contribution in [-0.2, 0) is 26.3 Å². The van der Waals surface area contributed by atoms with Crippen molar-refractivity contribution in [1.82, 2.24) is 14.2 Å². The fraction of sp³-hybridized carbons (Fsp3) is 0.600. The van der Waals surface area contributed by atoms with E-state index in [1.54, 1.807) is 0 Å². The van der Waals surface area contributed by atoms with Gasteiger partial charge in [0.05, 0.1) is 11.5 Å². The molecule has 1 aliphatic rings. The molecule has 3 rings (SSSR count). The van der Waals surface area contributed by atoms with E-state index in [0.29, 0.717) is 18.4 Å². The van der Waals surface area contributed by atoms with E-state index in [1.165, 1.54) is 12.6 Å². The maximum absolute atomic E-state index is 12.5. The van der Waals surface area contributed by atoms with Crippen molar-refractivity contribution < 1.29 is 16.8 Å². The van der Waals surface area contributed by atoms with Gasteiger partial charge >= 0.3 is 0 Å². The Hall–Kier alpha value is -1.42. The number of sulfone groups is 1. The van der Waals surface area contributed by atoms with Crippen LogP contribution in [0.15, 0.2) is 30.5 Å². The monoisotopic (exact) mass is 441 g/mol. The van der Waals surface area contributed by atoms with Crippen LogP contribution < -0.4 is 5.32 Å². The first-order valence-electron chi connectivity index (χ1n) is 9.99. The first-order valence-corrected chi connectivity index (χ1v) is 13.7. The second-order valence-electron chi connectivity index (χ2n) is 8.17. The minimum atomic E-state index is -3.50. The van der Waals surface area contributed by atoms with Crippen molar-refractivity contribution in [2.45, 2.75) is 25.8 Å². The lowest BCUT2D eigenvalue weighted by atomic mass is 9.95. The number of aromatic nitrogens is 1. The molecule has 2 heterocycles. The smallest absolute Gasteiger partial charge is 0.214 e. The summed E-state index contributed by atoms with van der Waals surface area (Å²) >= 11 is 0. The van der Waals surface area contributed by atoms with Crippen LogP contribution >= 0.6 is 0 Å². The lowest BCUT2D eigenvalue weighted by molar-refractivity contribution is 0.279. The summed E-state index contributed by atoms with van der Waals surface area (Å²) in [6.07, 6.45) is 4.75. The Morgan fingerprint density at radius 1 is 1.17 bits per heavy atom. The number of hydrogen-bond donors (Lipinski definition) is 1. The topological polar surface area (TPSA) is 88.5 Å². The average Bonchev–Trinajstić information content (AvgIpc) is 3.07.